The number of likely N-dealkylation sites (tertiary alicyclic amines) is 1. The number of ether oxygens (including phenoxy) is 1. The molecule has 0 bridgehead atoms. The van der Waals surface area contributed by atoms with E-state index in [1.54, 1.807) is 31.2 Å². The number of urea groups is 1. The third-order valence-corrected chi connectivity index (χ3v) is 9.45. The molecule has 4 N–H and O–H groups in total. The van der Waals surface area contributed by atoms with Crippen LogP contribution in [0.4, 0.5) is 60.4 Å². The van der Waals surface area contributed by atoms with Crippen LogP contribution in [0, 0.1) is 11.6 Å². The zero-order valence-corrected chi connectivity index (χ0v) is 28.8. The highest BCUT2D eigenvalue weighted by Crippen LogP contribution is 2.33. The summed E-state index contributed by atoms with van der Waals surface area (Å²) in [6, 6.07) is 10.6. The van der Waals surface area contributed by atoms with Gasteiger partial charge in [-0.15, -0.1) is 4.36 Å². The fourth-order valence-corrected chi connectivity index (χ4v) is 6.39. The van der Waals surface area contributed by atoms with Crippen LogP contribution in [0.25, 0.3) is 11.1 Å². The molecule has 3 aromatic carbocycles. The molecule has 1 aliphatic rings. The molecular formula is C34H35F5N8O4S. The molecule has 0 aliphatic carbocycles. The molecule has 1 atom stereocenters. The lowest BCUT2D eigenvalue weighted by Crippen LogP contribution is -2.26. The molecule has 12 nitrogen and oxygen atoms in total. The van der Waals surface area contributed by atoms with Gasteiger partial charge >= 0.3 is 18.3 Å². The summed E-state index contributed by atoms with van der Waals surface area (Å²) in [5, 5.41) is 10.5. The summed E-state index contributed by atoms with van der Waals surface area (Å²) in [6.45, 7) is 4.86. The van der Waals surface area contributed by atoms with Gasteiger partial charge in [0.1, 0.15) is 17.5 Å². The van der Waals surface area contributed by atoms with E-state index in [0.29, 0.717) is 47.4 Å². The van der Waals surface area contributed by atoms with Crippen molar-refractivity contribution in [1.29, 1.82) is 0 Å². The summed E-state index contributed by atoms with van der Waals surface area (Å²) in [4.78, 5) is 35.9. The predicted octanol–water partition coefficient (Wildman–Crippen LogP) is 7.95. The van der Waals surface area contributed by atoms with Gasteiger partial charge in [-0.2, -0.15) is 18.2 Å². The Hall–Kier alpha value is -5.36. The zero-order chi connectivity index (χ0) is 37.5. The molecule has 0 radical (unpaired) electrons. The van der Waals surface area contributed by atoms with E-state index in [9.17, 15) is 31.4 Å². The van der Waals surface area contributed by atoms with Crippen molar-refractivity contribution in [3.8, 4) is 11.1 Å². The Kier molecular flexibility index (Phi) is 11.9. The van der Waals surface area contributed by atoms with Crippen molar-refractivity contribution in [1.82, 2.24) is 14.9 Å². The summed E-state index contributed by atoms with van der Waals surface area (Å²) in [5.41, 5.74) is -1.04. The number of carbonyl (C=O) groups is 2. The molecular weight excluding hydrogens is 711 g/mol. The Balaban J connectivity index is 1.37. The van der Waals surface area contributed by atoms with Gasteiger partial charge in [0.05, 0.1) is 33.3 Å². The standard InChI is InChI=1S/C34H35F5N8O4S/c1-3-51-33(49)46-52(2,50)24-8-6-7-23(19-24)42-31-41-20-25(30(45-31)40-13-16-47-14-4-5-15-47)21-9-12-28(27(36)17-21)43-32(48)44-29-18-22(34(37,38)39)10-11-26(29)35/h6-12,17-20H,3-5,13-16H2,1-2H3,(H2,43,44,48)(H2,40,41,42,45). The number of alkyl halides is 3. The topological polar surface area (TPSA) is 150 Å². The normalized spacial score (nSPS) is 14.3. The van der Waals surface area contributed by atoms with Gasteiger partial charge in [0, 0.05) is 41.7 Å². The molecule has 1 unspecified atom stereocenters. The number of nitrogens with zero attached hydrogens (tertiary/aromatic N) is 4. The number of carbonyl (C=O) groups excluding carboxylic acids is 2. The van der Waals surface area contributed by atoms with Crippen LogP contribution in [0.5, 0.6) is 0 Å². The number of anilines is 5. The number of benzene rings is 3. The van der Waals surface area contributed by atoms with Crippen molar-refractivity contribution in [2.24, 2.45) is 4.36 Å². The lowest BCUT2D eigenvalue weighted by atomic mass is 10.1. The number of hydrogen-bond donors (Lipinski definition) is 4. The fourth-order valence-electron chi connectivity index (χ4n) is 5.27. The van der Waals surface area contributed by atoms with Gasteiger partial charge in [0.25, 0.3) is 0 Å². The molecule has 3 amide bonds. The van der Waals surface area contributed by atoms with Crippen LogP contribution in [-0.4, -0.2) is 70.2 Å². The number of halogens is 5. The quantitative estimate of drug-likeness (QED) is 0.112. The van der Waals surface area contributed by atoms with E-state index >= 15 is 4.39 Å². The molecule has 1 fully saturated rings. The molecule has 4 aromatic rings. The first kappa shape index (κ1) is 37.9. The van der Waals surface area contributed by atoms with Crippen molar-refractivity contribution in [2.75, 3.05) is 60.3 Å². The summed E-state index contributed by atoms with van der Waals surface area (Å²) in [7, 11) is -3.13. The summed E-state index contributed by atoms with van der Waals surface area (Å²) >= 11 is 0. The van der Waals surface area contributed by atoms with Crippen LogP contribution in [0.3, 0.4) is 0 Å². The maximum atomic E-state index is 15.3. The number of amides is 3. The lowest BCUT2D eigenvalue weighted by Gasteiger charge is -2.17. The van der Waals surface area contributed by atoms with Gasteiger partial charge in [-0.1, -0.05) is 12.1 Å². The average molecular weight is 747 g/mol. The van der Waals surface area contributed by atoms with Crippen molar-refractivity contribution >= 4 is 50.7 Å². The van der Waals surface area contributed by atoms with Crippen LogP contribution in [0.2, 0.25) is 0 Å². The molecule has 1 aliphatic heterocycles. The maximum Gasteiger partial charge on any atom is 0.442 e. The first-order valence-corrected chi connectivity index (χ1v) is 18.0. The maximum absolute atomic E-state index is 15.3. The molecule has 276 valence electrons. The molecule has 2 heterocycles. The zero-order valence-electron chi connectivity index (χ0n) is 28.0. The van der Waals surface area contributed by atoms with Crippen molar-refractivity contribution in [3.63, 3.8) is 0 Å². The molecule has 0 saturated carbocycles. The van der Waals surface area contributed by atoms with E-state index in [1.165, 1.54) is 24.6 Å². The predicted molar refractivity (Wildman–Crippen MR) is 187 cm³/mol. The van der Waals surface area contributed by atoms with Crippen molar-refractivity contribution in [3.05, 3.63) is 84.1 Å². The SMILES string of the molecule is CCOC(=O)N=S(C)(=O)c1cccc(Nc2ncc(-c3ccc(NC(=O)Nc4cc(C(F)(F)F)ccc4F)c(F)c3)c(NCCN3CCCC3)n2)c1. The third-order valence-electron chi connectivity index (χ3n) is 7.82. The van der Waals surface area contributed by atoms with Gasteiger partial charge in [-0.05, 0) is 86.9 Å². The van der Waals surface area contributed by atoms with Gasteiger partial charge in [0.2, 0.25) is 5.95 Å². The highest BCUT2D eigenvalue weighted by molar-refractivity contribution is 7.93. The molecule has 1 aromatic heterocycles. The molecule has 1 saturated heterocycles. The van der Waals surface area contributed by atoms with E-state index in [-0.39, 0.29) is 23.1 Å². The van der Waals surface area contributed by atoms with Gasteiger partial charge in [0.15, 0.2) is 0 Å². The van der Waals surface area contributed by atoms with Crippen molar-refractivity contribution < 1.29 is 40.5 Å². The van der Waals surface area contributed by atoms with E-state index in [2.05, 4.69) is 35.2 Å². The minimum atomic E-state index is -4.77. The fraction of sp³-hybridized carbons (Fsp3) is 0.294. The first-order valence-electron chi connectivity index (χ1n) is 16.1. The van der Waals surface area contributed by atoms with Crippen LogP contribution < -0.4 is 21.3 Å². The van der Waals surface area contributed by atoms with Gasteiger partial charge in [-0.25, -0.2) is 27.6 Å². The highest BCUT2D eigenvalue weighted by Gasteiger charge is 2.31. The molecule has 5 rings (SSSR count). The average Bonchev–Trinajstić information content (AvgIpc) is 3.60. The van der Waals surface area contributed by atoms with E-state index in [0.717, 1.165) is 38.5 Å². The monoisotopic (exact) mass is 746 g/mol. The van der Waals surface area contributed by atoms with Gasteiger partial charge in [-0.3, -0.25) is 0 Å². The molecule has 0 spiro atoms. The highest BCUT2D eigenvalue weighted by atomic mass is 32.2. The molecule has 52 heavy (non-hydrogen) atoms. The van der Waals surface area contributed by atoms with Crippen LogP contribution in [0.15, 0.2) is 76.1 Å². The largest absolute Gasteiger partial charge is 0.448 e. The second-order valence-electron chi connectivity index (χ2n) is 11.6. The second-order valence-corrected chi connectivity index (χ2v) is 13.9. The van der Waals surface area contributed by atoms with Crippen LogP contribution in [0.1, 0.15) is 25.3 Å². The summed E-state index contributed by atoms with van der Waals surface area (Å²) < 4.78 is 90.3. The van der Waals surface area contributed by atoms with Crippen molar-refractivity contribution in [2.45, 2.75) is 30.8 Å². The first-order chi connectivity index (χ1) is 24.7. The Morgan fingerprint density at radius 2 is 1.73 bits per heavy atom. The minimum absolute atomic E-state index is 0.0840. The van der Waals surface area contributed by atoms with E-state index in [1.807, 2.05) is 5.32 Å². The Bertz CT molecular complexity index is 2070. The van der Waals surface area contributed by atoms with Crippen LogP contribution in [-0.2, 0) is 20.6 Å². The Morgan fingerprint density at radius 1 is 0.981 bits per heavy atom. The number of nitrogens with one attached hydrogen (secondary N) is 4. The Morgan fingerprint density at radius 3 is 2.44 bits per heavy atom. The third kappa shape index (κ3) is 9.91. The minimum Gasteiger partial charge on any atom is -0.448 e. The van der Waals surface area contributed by atoms with Gasteiger partial charge < -0.3 is 30.9 Å². The summed E-state index contributed by atoms with van der Waals surface area (Å²) in [5.74, 6) is -1.51. The van der Waals surface area contributed by atoms with Crippen LogP contribution >= 0.6 is 0 Å². The smallest absolute Gasteiger partial charge is 0.442 e. The lowest BCUT2D eigenvalue weighted by molar-refractivity contribution is -0.137. The second kappa shape index (κ2) is 16.3. The summed E-state index contributed by atoms with van der Waals surface area (Å²) in [6.07, 6.45) is -0.714. The van der Waals surface area contributed by atoms with E-state index < -0.39 is 50.9 Å². The Labute approximate surface area is 296 Å². The van der Waals surface area contributed by atoms with E-state index in [4.69, 9.17) is 4.74 Å². The number of aromatic nitrogens is 2. The number of hydrogen-bond acceptors (Lipinski definition) is 9. The molecule has 18 heteroatoms. The number of rotatable bonds is 11.